The first kappa shape index (κ1) is 17.7. The van der Waals surface area contributed by atoms with Gasteiger partial charge in [0, 0.05) is 28.4 Å². The third kappa shape index (κ3) is 3.83. The molecule has 0 radical (unpaired) electrons. The number of nitro groups is 1. The Morgan fingerprint density at radius 1 is 1.08 bits per heavy atom. The molecule has 0 aliphatic heterocycles. The number of methoxy groups -OCH3 is 3. The van der Waals surface area contributed by atoms with Gasteiger partial charge in [0.25, 0.3) is 5.69 Å². The zero-order chi connectivity index (χ0) is 17.7. The van der Waals surface area contributed by atoms with Gasteiger partial charge in [0.05, 0.1) is 31.9 Å². The molecule has 24 heavy (non-hydrogen) atoms. The van der Waals surface area contributed by atoms with Gasteiger partial charge in [-0.05, 0) is 34.1 Å². The number of nitrogens with zero attached hydrogens (tertiary/aromatic N) is 2. The van der Waals surface area contributed by atoms with Gasteiger partial charge in [0.15, 0.2) is 11.5 Å². The summed E-state index contributed by atoms with van der Waals surface area (Å²) in [7, 11) is 4.60. The van der Waals surface area contributed by atoms with Crippen molar-refractivity contribution in [3.8, 4) is 17.2 Å². The second kappa shape index (κ2) is 7.78. The van der Waals surface area contributed by atoms with E-state index < -0.39 is 4.92 Å². The number of halogens is 1. The predicted molar refractivity (Wildman–Crippen MR) is 94.1 cm³/mol. The highest BCUT2D eigenvalue weighted by molar-refractivity contribution is 9.10. The minimum Gasteiger partial charge on any atom is -0.493 e. The molecule has 0 aliphatic rings. The van der Waals surface area contributed by atoms with Crippen LogP contribution in [0.4, 0.5) is 11.4 Å². The number of nitro benzene ring substituents is 1. The average Bonchev–Trinajstić information content (AvgIpc) is 2.59. The summed E-state index contributed by atoms with van der Waals surface area (Å²) in [4.78, 5) is 14.6. The molecule has 126 valence electrons. The lowest BCUT2D eigenvalue weighted by atomic mass is 10.2. The highest BCUT2D eigenvalue weighted by atomic mass is 79.9. The monoisotopic (exact) mass is 394 g/mol. The minimum atomic E-state index is -0.461. The van der Waals surface area contributed by atoms with Crippen LogP contribution in [0.15, 0.2) is 39.8 Å². The third-order valence-corrected chi connectivity index (χ3v) is 3.82. The fourth-order valence-corrected chi connectivity index (χ4v) is 2.50. The van der Waals surface area contributed by atoms with Gasteiger partial charge in [0.2, 0.25) is 5.75 Å². The number of rotatable bonds is 6. The van der Waals surface area contributed by atoms with E-state index in [0.29, 0.717) is 27.4 Å². The molecule has 0 aromatic heterocycles. The summed E-state index contributed by atoms with van der Waals surface area (Å²) in [6.07, 6.45) is 1.61. The average molecular weight is 395 g/mol. The van der Waals surface area contributed by atoms with Crippen molar-refractivity contribution in [2.75, 3.05) is 21.3 Å². The molecule has 0 fully saturated rings. The van der Waals surface area contributed by atoms with Gasteiger partial charge in [-0.25, -0.2) is 0 Å². The van der Waals surface area contributed by atoms with E-state index in [0.717, 1.165) is 5.56 Å². The van der Waals surface area contributed by atoms with Crippen LogP contribution in [0.1, 0.15) is 5.56 Å². The van der Waals surface area contributed by atoms with Crippen LogP contribution in [-0.2, 0) is 0 Å². The molecule has 0 atom stereocenters. The van der Waals surface area contributed by atoms with Crippen LogP contribution in [0.25, 0.3) is 0 Å². The Morgan fingerprint density at radius 2 is 1.71 bits per heavy atom. The van der Waals surface area contributed by atoms with Crippen molar-refractivity contribution in [2.24, 2.45) is 4.99 Å². The van der Waals surface area contributed by atoms with Gasteiger partial charge in [-0.1, -0.05) is 0 Å². The molecule has 8 heteroatoms. The second-order valence-electron chi connectivity index (χ2n) is 4.61. The fourth-order valence-electron chi connectivity index (χ4n) is 2.03. The molecule has 2 aromatic carbocycles. The van der Waals surface area contributed by atoms with Crippen LogP contribution in [0.5, 0.6) is 17.2 Å². The van der Waals surface area contributed by atoms with Crippen LogP contribution >= 0.6 is 15.9 Å². The first-order valence-electron chi connectivity index (χ1n) is 6.78. The summed E-state index contributed by atoms with van der Waals surface area (Å²) in [5, 5.41) is 10.8. The van der Waals surface area contributed by atoms with E-state index in [-0.39, 0.29) is 5.69 Å². The van der Waals surface area contributed by atoms with Crippen LogP contribution in [-0.4, -0.2) is 32.5 Å². The van der Waals surface area contributed by atoms with Crippen molar-refractivity contribution in [3.05, 3.63) is 50.5 Å². The normalized spacial score (nSPS) is 10.7. The van der Waals surface area contributed by atoms with Crippen LogP contribution in [0.2, 0.25) is 0 Å². The Hall–Kier alpha value is -2.61. The highest BCUT2D eigenvalue weighted by Gasteiger charge is 2.13. The first-order chi connectivity index (χ1) is 11.5. The van der Waals surface area contributed by atoms with Crippen molar-refractivity contribution < 1.29 is 19.1 Å². The van der Waals surface area contributed by atoms with Gasteiger partial charge in [-0.3, -0.25) is 15.1 Å². The number of hydrogen-bond acceptors (Lipinski definition) is 6. The molecule has 0 aliphatic carbocycles. The number of hydrogen-bond donors (Lipinski definition) is 0. The molecule has 2 aromatic rings. The van der Waals surface area contributed by atoms with Gasteiger partial charge in [-0.15, -0.1) is 0 Å². The lowest BCUT2D eigenvalue weighted by Gasteiger charge is -2.12. The number of aliphatic imine (C=N–C) groups is 1. The van der Waals surface area contributed by atoms with E-state index >= 15 is 0 Å². The lowest BCUT2D eigenvalue weighted by Crippen LogP contribution is -1.96. The molecule has 0 saturated heterocycles. The molecule has 0 N–H and O–H groups in total. The fraction of sp³-hybridized carbons (Fsp3) is 0.188. The minimum absolute atomic E-state index is 0.00592. The van der Waals surface area contributed by atoms with Gasteiger partial charge in [0.1, 0.15) is 0 Å². The Balaban J connectivity index is 2.37. The van der Waals surface area contributed by atoms with Crippen molar-refractivity contribution in [3.63, 3.8) is 0 Å². The topological polar surface area (TPSA) is 83.2 Å². The maximum Gasteiger partial charge on any atom is 0.270 e. The van der Waals surface area contributed by atoms with E-state index in [4.69, 9.17) is 14.2 Å². The van der Waals surface area contributed by atoms with E-state index in [1.807, 2.05) is 0 Å². The van der Waals surface area contributed by atoms with Crippen molar-refractivity contribution in [1.29, 1.82) is 0 Å². The van der Waals surface area contributed by atoms with Crippen molar-refractivity contribution >= 4 is 33.5 Å². The van der Waals surface area contributed by atoms with Crippen molar-refractivity contribution in [1.82, 2.24) is 0 Å². The number of ether oxygens (including phenoxy) is 3. The van der Waals surface area contributed by atoms with E-state index in [1.165, 1.54) is 33.5 Å². The predicted octanol–water partition coefficient (Wildman–Crippen LogP) is 4.13. The molecule has 0 bridgehead atoms. The van der Waals surface area contributed by atoms with E-state index in [9.17, 15) is 10.1 Å². The molecule has 0 spiro atoms. The van der Waals surface area contributed by atoms with Gasteiger partial charge < -0.3 is 14.2 Å². The summed E-state index contributed by atoms with van der Waals surface area (Å²) < 4.78 is 16.4. The van der Waals surface area contributed by atoms with Crippen LogP contribution in [0, 0.1) is 10.1 Å². The highest BCUT2D eigenvalue weighted by Crippen LogP contribution is 2.38. The summed E-state index contributed by atoms with van der Waals surface area (Å²) in [5.41, 5.74) is 1.29. The second-order valence-corrected chi connectivity index (χ2v) is 5.46. The van der Waals surface area contributed by atoms with Crippen LogP contribution in [0.3, 0.4) is 0 Å². The summed E-state index contributed by atoms with van der Waals surface area (Å²) in [5.74, 6) is 1.52. The molecule has 7 nitrogen and oxygen atoms in total. The lowest BCUT2D eigenvalue weighted by molar-refractivity contribution is -0.384. The maximum atomic E-state index is 10.8. The largest absolute Gasteiger partial charge is 0.493 e. The summed E-state index contributed by atoms with van der Waals surface area (Å²) in [6, 6.07) is 7.87. The number of benzene rings is 2. The van der Waals surface area contributed by atoms with Crippen molar-refractivity contribution in [2.45, 2.75) is 0 Å². The molecular weight excluding hydrogens is 380 g/mol. The molecule has 0 unspecified atom stereocenters. The van der Waals surface area contributed by atoms with Gasteiger partial charge >= 0.3 is 0 Å². The van der Waals surface area contributed by atoms with Gasteiger partial charge in [-0.2, -0.15) is 0 Å². The van der Waals surface area contributed by atoms with Crippen LogP contribution < -0.4 is 14.2 Å². The molecular formula is C16H15BrN2O5. The third-order valence-electron chi connectivity index (χ3n) is 3.18. The summed E-state index contributed by atoms with van der Waals surface area (Å²) >= 11 is 3.28. The quantitative estimate of drug-likeness (QED) is 0.417. The molecule has 0 heterocycles. The smallest absolute Gasteiger partial charge is 0.270 e. The number of non-ortho nitro benzene ring substituents is 1. The Labute approximate surface area is 147 Å². The Bertz CT molecular complexity index is 767. The van der Waals surface area contributed by atoms with E-state index in [2.05, 4.69) is 20.9 Å². The zero-order valence-electron chi connectivity index (χ0n) is 13.3. The Morgan fingerprint density at radius 3 is 2.17 bits per heavy atom. The maximum absolute atomic E-state index is 10.8. The van der Waals surface area contributed by atoms with E-state index in [1.54, 1.807) is 24.4 Å². The molecule has 0 saturated carbocycles. The molecule has 0 amide bonds. The summed E-state index contributed by atoms with van der Waals surface area (Å²) in [6.45, 7) is 0. The zero-order valence-corrected chi connectivity index (χ0v) is 14.9. The Kier molecular flexibility index (Phi) is 5.75. The first-order valence-corrected chi connectivity index (χ1v) is 7.57. The SMILES string of the molecule is COc1cc(C=Nc2ccc([N+](=O)[O-])cc2Br)cc(OC)c1OC. The molecule has 2 rings (SSSR count). The standard InChI is InChI=1S/C16H15BrN2O5/c1-22-14-6-10(7-15(23-2)16(14)24-3)9-18-13-5-4-11(19(20)21)8-12(13)17/h4-9H,1-3H3.